The molecule has 0 aromatic heterocycles. The van der Waals surface area contributed by atoms with Crippen molar-refractivity contribution in [3.63, 3.8) is 0 Å². The van der Waals surface area contributed by atoms with E-state index >= 15 is 0 Å². The Balaban J connectivity index is 2.23. The summed E-state index contributed by atoms with van der Waals surface area (Å²) in [6.07, 6.45) is 6.13. The predicted molar refractivity (Wildman–Crippen MR) is 66.7 cm³/mol. The third-order valence-electron chi connectivity index (χ3n) is 1.93. The molecule has 82 valence electrons. The molecule has 0 aliphatic carbocycles. The first kappa shape index (κ1) is 12.3. The van der Waals surface area contributed by atoms with Gasteiger partial charge >= 0.3 is 0 Å². The van der Waals surface area contributed by atoms with Crippen LogP contribution in [0.4, 0.5) is 4.39 Å². The fraction of sp³-hybridized carbons (Fsp3) is 0.333. The number of rotatable bonds is 6. The third kappa shape index (κ3) is 5.60. The van der Waals surface area contributed by atoms with Crippen LogP contribution in [0.5, 0.6) is 0 Å². The van der Waals surface area contributed by atoms with Gasteiger partial charge in [0.05, 0.1) is 0 Å². The van der Waals surface area contributed by atoms with Gasteiger partial charge in [-0.2, -0.15) is 11.8 Å². The fourth-order valence-electron chi connectivity index (χ4n) is 1.13. The van der Waals surface area contributed by atoms with Crippen LogP contribution in [-0.4, -0.2) is 25.1 Å². The van der Waals surface area contributed by atoms with Crippen LogP contribution in [0.1, 0.15) is 5.56 Å². The van der Waals surface area contributed by atoms with E-state index in [1.54, 1.807) is 12.1 Å². The van der Waals surface area contributed by atoms with Crippen molar-refractivity contribution in [2.24, 2.45) is 0 Å². The topological polar surface area (TPSA) is 12.0 Å². The Kier molecular flexibility index (Phi) is 6.12. The van der Waals surface area contributed by atoms with E-state index in [0.29, 0.717) is 0 Å². The molecule has 1 N–H and O–H groups in total. The van der Waals surface area contributed by atoms with Crippen molar-refractivity contribution in [2.45, 2.75) is 0 Å². The van der Waals surface area contributed by atoms with Gasteiger partial charge in [-0.15, -0.1) is 0 Å². The highest BCUT2D eigenvalue weighted by Crippen LogP contribution is 2.03. The van der Waals surface area contributed by atoms with Gasteiger partial charge in [-0.1, -0.05) is 24.3 Å². The summed E-state index contributed by atoms with van der Waals surface area (Å²) in [5.74, 6) is 0.940. The zero-order valence-corrected chi connectivity index (χ0v) is 9.69. The van der Waals surface area contributed by atoms with Crippen molar-refractivity contribution in [1.82, 2.24) is 5.32 Å². The molecule has 0 radical (unpaired) electrons. The molecule has 0 saturated carbocycles. The minimum Gasteiger partial charge on any atom is -0.312 e. The fourth-order valence-corrected chi connectivity index (χ4v) is 1.48. The van der Waals surface area contributed by atoms with E-state index in [9.17, 15) is 4.39 Å². The van der Waals surface area contributed by atoms with Crippen LogP contribution in [0, 0.1) is 5.82 Å². The molecule has 0 amide bonds. The molecule has 0 heterocycles. The summed E-state index contributed by atoms with van der Waals surface area (Å²) in [6.45, 7) is 1.88. The van der Waals surface area contributed by atoms with Gasteiger partial charge in [-0.25, -0.2) is 4.39 Å². The van der Waals surface area contributed by atoms with Gasteiger partial charge in [0.1, 0.15) is 5.82 Å². The van der Waals surface area contributed by atoms with Crippen LogP contribution in [0.3, 0.4) is 0 Å². The van der Waals surface area contributed by atoms with Crippen LogP contribution in [0.2, 0.25) is 0 Å². The standard InChI is InChI=1S/C12H16FNS/c1-15-10-9-14-8-2-3-11-4-6-12(13)7-5-11/h2-7,14H,8-10H2,1H3/b3-2+. The quantitative estimate of drug-likeness (QED) is 0.747. The van der Waals surface area contributed by atoms with Gasteiger partial charge in [0.15, 0.2) is 0 Å². The van der Waals surface area contributed by atoms with Gasteiger partial charge in [0, 0.05) is 18.8 Å². The minimum atomic E-state index is -0.190. The maximum Gasteiger partial charge on any atom is 0.123 e. The number of nitrogens with one attached hydrogen (secondary N) is 1. The highest BCUT2D eigenvalue weighted by molar-refractivity contribution is 7.98. The van der Waals surface area contributed by atoms with Crippen molar-refractivity contribution in [3.05, 3.63) is 41.7 Å². The zero-order chi connectivity index (χ0) is 10.9. The molecule has 1 aromatic rings. The monoisotopic (exact) mass is 225 g/mol. The summed E-state index contributed by atoms with van der Waals surface area (Å²) in [5, 5.41) is 3.29. The van der Waals surface area contributed by atoms with Crippen molar-refractivity contribution < 1.29 is 4.39 Å². The van der Waals surface area contributed by atoms with Crippen molar-refractivity contribution in [3.8, 4) is 0 Å². The minimum absolute atomic E-state index is 0.190. The van der Waals surface area contributed by atoms with Gasteiger partial charge in [0.25, 0.3) is 0 Å². The van der Waals surface area contributed by atoms with Crippen LogP contribution < -0.4 is 5.32 Å². The van der Waals surface area contributed by atoms with Crippen LogP contribution in [-0.2, 0) is 0 Å². The van der Waals surface area contributed by atoms with E-state index in [0.717, 1.165) is 24.4 Å². The molecule has 0 fully saturated rings. The molecule has 0 spiro atoms. The van der Waals surface area contributed by atoms with Crippen molar-refractivity contribution in [1.29, 1.82) is 0 Å². The lowest BCUT2D eigenvalue weighted by Gasteiger charge is -1.98. The Morgan fingerprint density at radius 3 is 2.73 bits per heavy atom. The second kappa shape index (κ2) is 7.49. The predicted octanol–water partition coefficient (Wildman–Crippen LogP) is 2.79. The van der Waals surface area contributed by atoms with Gasteiger partial charge in [0.2, 0.25) is 0 Å². The molecule has 0 saturated heterocycles. The second-order valence-electron chi connectivity index (χ2n) is 3.15. The third-order valence-corrected chi connectivity index (χ3v) is 2.54. The van der Waals surface area contributed by atoms with Gasteiger partial charge in [-0.3, -0.25) is 0 Å². The maximum atomic E-state index is 12.6. The Hall–Kier alpha value is -0.800. The second-order valence-corrected chi connectivity index (χ2v) is 4.14. The van der Waals surface area contributed by atoms with E-state index in [1.807, 2.05) is 23.9 Å². The molecule has 0 aliphatic heterocycles. The number of hydrogen-bond donors (Lipinski definition) is 1. The van der Waals surface area contributed by atoms with Crippen molar-refractivity contribution in [2.75, 3.05) is 25.1 Å². The molecule has 15 heavy (non-hydrogen) atoms. The Bertz CT molecular complexity index is 295. The van der Waals surface area contributed by atoms with Crippen LogP contribution in [0.25, 0.3) is 6.08 Å². The largest absolute Gasteiger partial charge is 0.312 e. The molecule has 0 aliphatic rings. The van der Waals surface area contributed by atoms with Gasteiger partial charge in [-0.05, 0) is 24.0 Å². The first-order valence-corrected chi connectivity index (χ1v) is 6.34. The van der Waals surface area contributed by atoms with Crippen LogP contribution in [0.15, 0.2) is 30.3 Å². The summed E-state index contributed by atoms with van der Waals surface area (Å²) in [7, 11) is 0. The summed E-state index contributed by atoms with van der Waals surface area (Å²) in [5.41, 5.74) is 1.03. The summed E-state index contributed by atoms with van der Waals surface area (Å²) < 4.78 is 12.6. The molecule has 3 heteroatoms. The lowest BCUT2D eigenvalue weighted by Crippen LogP contribution is -2.16. The normalized spacial score (nSPS) is 11.1. The lowest BCUT2D eigenvalue weighted by atomic mass is 10.2. The Morgan fingerprint density at radius 1 is 1.33 bits per heavy atom. The SMILES string of the molecule is CSCCNC/C=C/c1ccc(F)cc1. The number of halogens is 1. The first-order valence-electron chi connectivity index (χ1n) is 4.94. The van der Waals surface area contributed by atoms with E-state index in [-0.39, 0.29) is 5.82 Å². The van der Waals surface area contributed by atoms with Crippen molar-refractivity contribution >= 4 is 17.8 Å². The van der Waals surface area contributed by atoms with E-state index in [1.165, 1.54) is 12.1 Å². The highest BCUT2D eigenvalue weighted by Gasteiger charge is 1.88. The van der Waals surface area contributed by atoms with E-state index < -0.39 is 0 Å². The summed E-state index contributed by atoms with van der Waals surface area (Å²) in [4.78, 5) is 0. The Labute approximate surface area is 94.8 Å². The Morgan fingerprint density at radius 2 is 2.07 bits per heavy atom. The molecule has 1 rings (SSSR count). The highest BCUT2D eigenvalue weighted by atomic mass is 32.2. The van der Waals surface area contributed by atoms with E-state index in [4.69, 9.17) is 0 Å². The molecule has 0 unspecified atom stereocenters. The molecule has 0 bridgehead atoms. The molecule has 1 aromatic carbocycles. The zero-order valence-electron chi connectivity index (χ0n) is 8.87. The smallest absolute Gasteiger partial charge is 0.123 e. The summed E-state index contributed by atoms with van der Waals surface area (Å²) in [6, 6.07) is 6.49. The molecule has 0 atom stereocenters. The molecule has 1 nitrogen and oxygen atoms in total. The van der Waals surface area contributed by atoms with Gasteiger partial charge < -0.3 is 5.32 Å². The number of thioether (sulfide) groups is 1. The summed E-state index contributed by atoms with van der Waals surface area (Å²) >= 11 is 1.83. The number of hydrogen-bond acceptors (Lipinski definition) is 2. The molecular weight excluding hydrogens is 209 g/mol. The maximum absolute atomic E-state index is 12.6. The lowest BCUT2D eigenvalue weighted by molar-refractivity contribution is 0.628. The average Bonchev–Trinajstić information content (AvgIpc) is 2.26. The number of benzene rings is 1. The van der Waals surface area contributed by atoms with E-state index in [2.05, 4.69) is 11.6 Å². The first-order chi connectivity index (χ1) is 7.33. The molecular formula is C12H16FNS. The van der Waals surface area contributed by atoms with Crippen LogP contribution >= 0.6 is 11.8 Å². The average molecular weight is 225 g/mol.